The summed E-state index contributed by atoms with van der Waals surface area (Å²) in [5.41, 5.74) is 7.09. The average Bonchev–Trinajstić information content (AvgIpc) is 3.38. The number of piperidine rings is 1. The molecule has 0 saturated carbocycles. The van der Waals surface area contributed by atoms with Crippen LogP contribution < -0.4 is 16.2 Å². The highest BCUT2D eigenvalue weighted by atomic mass is 16.5. The number of pyridine rings is 1. The van der Waals surface area contributed by atoms with E-state index in [1.54, 1.807) is 68.6 Å². The normalized spacial score (nSPS) is 18.0. The number of fused-ring (bicyclic) bond motifs is 1. The van der Waals surface area contributed by atoms with E-state index in [9.17, 15) is 19.6 Å². The number of likely N-dealkylation sites (tertiary alicyclic amines) is 1. The molecule has 6 rings (SSSR count). The van der Waals surface area contributed by atoms with Crippen LogP contribution in [0.25, 0.3) is 16.7 Å². The molecule has 47 heavy (non-hydrogen) atoms. The van der Waals surface area contributed by atoms with Gasteiger partial charge in [0.15, 0.2) is 0 Å². The molecule has 12 nitrogen and oxygen atoms in total. The van der Waals surface area contributed by atoms with Crippen LogP contribution in [0.5, 0.6) is 11.5 Å². The third-order valence-electron chi connectivity index (χ3n) is 9.06. The molecule has 2 aliphatic rings. The monoisotopic (exact) mass is 634 g/mol. The Morgan fingerprint density at radius 2 is 1.77 bits per heavy atom. The van der Waals surface area contributed by atoms with E-state index >= 15 is 0 Å². The Bertz CT molecular complexity index is 1940. The molecule has 4 heterocycles. The van der Waals surface area contributed by atoms with Gasteiger partial charge in [-0.1, -0.05) is 18.2 Å². The van der Waals surface area contributed by atoms with Crippen molar-refractivity contribution in [2.45, 2.75) is 38.3 Å². The largest absolute Gasteiger partial charge is 0.457 e. The highest BCUT2D eigenvalue weighted by Gasteiger charge is 2.35. The summed E-state index contributed by atoms with van der Waals surface area (Å²) < 4.78 is 9.17. The summed E-state index contributed by atoms with van der Waals surface area (Å²) in [6.45, 7) is 5.95. The zero-order valence-electron chi connectivity index (χ0n) is 26.8. The SMILES string of the molecule is CN1CCN(C(C)(C)C=C(C#N)C(=O)N2CCCC(n3c(=O)n(-c4ccc(Oc5ccccc5)cc4)c4c(N)nccc43)C2)CC1=O. The average molecular weight is 635 g/mol. The minimum atomic E-state index is -0.691. The van der Waals surface area contributed by atoms with Gasteiger partial charge in [-0.05, 0) is 75.2 Å². The number of nitriles is 1. The summed E-state index contributed by atoms with van der Waals surface area (Å²) in [6.07, 6.45) is 4.54. The number of carbonyl (C=O) groups is 2. The number of ether oxygens (including phenoxy) is 1. The Balaban J connectivity index is 1.28. The lowest BCUT2D eigenvalue weighted by atomic mass is 9.96. The van der Waals surface area contributed by atoms with Crippen LogP contribution in [0.15, 0.2) is 83.3 Å². The maximum Gasteiger partial charge on any atom is 0.334 e. The second kappa shape index (κ2) is 12.8. The first kappa shape index (κ1) is 31.6. The van der Waals surface area contributed by atoms with Gasteiger partial charge in [0, 0.05) is 45.0 Å². The first-order valence-electron chi connectivity index (χ1n) is 15.7. The Hall–Kier alpha value is -5.41. The van der Waals surface area contributed by atoms with Gasteiger partial charge in [-0.15, -0.1) is 0 Å². The first-order chi connectivity index (χ1) is 22.6. The number of aromatic nitrogens is 3. The zero-order valence-corrected chi connectivity index (χ0v) is 26.8. The van der Waals surface area contributed by atoms with Crippen LogP contribution in [0.3, 0.4) is 0 Å². The number of hydrogen-bond acceptors (Lipinski definition) is 8. The van der Waals surface area contributed by atoms with E-state index in [0.717, 1.165) is 0 Å². The summed E-state index contributed by atoms with van der Waals surface area (Å²) in [4.78, 5) is 49.9. The first-order valence-corrected chi connectivity index (χ1v) is 15.7. The van der Waals surface area contributed by atoms with Gasteiger partial charge in [0.1, 0.15) is 34.5 Å². The van der Waals surface area contributed by atoms with E-state index < -0.39 is 11.4 Å². The number of para-hydroxylation sites is 1. The summed E-state index contributed by atoms with van der Waals surface area (Å²) >= 11 is 0. The van der Waals surface area contributed by atoms with E-state index in [2.05, 4.69) is 11.1 Å². The lowest BCUT2D eigenvalue weighted by Gasteiger charge is -2.41. The fraction of sp³-hybridized carbons (Fsp3) is 0.343. The van der Waals surface area contributed by atoms with Crippen molar-refractivity contribution in [3.05, 3.63) is 89.0 Å². The zero-order chi connectivity index (χ0) is 33.3. The van der Waals surface area contributed by atoms with Crippen molar-refractivity contribution in [2.75, 3.05) is 45.5 Å². The van der Waals surface area contributed by atoms with Crippen molar-refractivity contribution < 1.29 is 14.3 Å². The third kappa shape index (κ3) is 6.22. The van der Waals surface area contributed by atoms with Gasteiger partial charge in [-0.3, -0.25) is 23.6 Å². The Kier molecular flexibility index (Phi) is 8.58. The number of carbonyl (C=O) groups excluding carboxylic acids is 2. The number of amides is 2. The van der Waals surface area contributed by atoms with Gasteiger partial charge in [0.2, 0.25) is 5.91 Å². The standard InChI is InChI=1S/C35H38N8O4/c1-35(2,41-19-18-39(3)30(44)23-41)20-24(21-36)33(45)40-17-7-8-26(22-40)42-29-15-16-38-32(37)31(29)43(34(42)46)25-11-13-28(14-12-25)47-27-9-5-4-6-10-27/h4-6,9-16,20,26H,7-8,17-19,22-23H2,1-3H3,(H2,37,38). The van der Waals surface area contributed by atoms with Gasteiger partial charge >= 0.3 is 5.69 Å². The highest BCUT2D eigenvalue weighted by molar-refractivity contribution is 5.97. The summed E-state index contributed by atoms with van der Waals surface area (Å²) in [5, 5.41) is 10.1. The molecular formula is C35H38N8O4. The van der Waals surface area contributed by atoms with Crippen LogP contribution in [0, 0.1) is 11.3 Å². The molecule has 0 spiro atoms. The fourth-order valence-electron chi connectivity index (χ4n) is 6.43. The molecule has 12 heteroatoms. The minimum Gasteiger partial charge on any atom is -0.457 e. The molecule has 2 aromatic carbocycles. The number of hydrogen-bond donors (Lipinski definition) is 1. The molecule has 4 aromatic rings. The quantitative estimate of drug-likeness (QED) is 0.239. The number of rotatable bonds is 7. The maximum atomic E-state index is 14.2. The molecular weight excluding hydrogens is 596 g/mol. The van der Waals surface area contributed by atoms with Crippen molar-refractivity contribution in [3.8, 4) is 23.3 Å². The van der Waals surface area contributed by atoms with Crippen LogP contribution in [-0.4, -0.2) is 85.9 Å². The molecule has 2 amide bonds. The van der Waals surface area contributed by atoms with Crippen LogP contribution in [0.4, 0.5) is 5.82 Å². The van der Waals surface area contributed by atoms with Crippen LogP contribution in [0.2, 0.25) is 0 Å². The van der Waals surface area contributed by atoms with Crippen molar-refractivity contribution in [3.63, 3.8) is 0 Å². The van der Waals surface area contributed by atoms with Gasteiger partial charge in [0.05, 0.1) is 23.8 Å². The van der Waals surface area contributed by atoms with E-state index in [-0.39, 0.29) is 42.1 Å². The van der Waals surface area contributed by atoms with Gasteiger partial charge in [-0.2, -0.15) is 5.26 Å². The second-order valence-corrected chi connectivity index (χ2v) is 12.6. The summed E-state index contributed by atoms with van der Waals surface area (Å²) in [5.74, 6) is 1.14. The number of anilines is 1. The molecule has 2 N–H and O–H groups in total. The molecule has 0 aliphatic carbocycles. The Morgan fingerprint density at radius 3 is 2.47 bits per heavy atom. The molecule has 2 aromatic heterocycles. The molecule has 0 radical (unpaired) electrons. The number of nitrogens with zero attached hydrogens (tertiary/aromatic N) is 7. The molecule has 1 unspecified atom stereocenters. The lowest BCUT2D eigenvalue weighted by Crippen LogP contribution is -2.55. The number of imidazole rings is 1. The van der Waals surface area contributed by atoms with Crippen LogP contribution >= 0.6 is 0 Å². The number of nitrogen functional groups attached to an aromatic ring is 1. The van der Waals surface area contributed by atoms with E-state index in [1.165, 1.54) is 0 Å². The molecule has 0 bridgehead atoms. The van der Waals surface area contributed by atoms with Gasteiger partial charge in [0.25, 0.3) is 5.91 Å². The third-order valence-corrected chi connectivity index (χ3v) is 9.06. The van der Waals surface area contributed by atoms with Gasteiger partial charge in [-0.25, -0.2) is 9.78 Å². The smallest absolute Gasteiger partial charge is 0.334 e. The van der Waals surface area contributed by atoms with Crippen molar-refractivity contribution in [1.82, 2.24) is 28.8 Å². The Morgan fingerprint density at radius 1 is 1.04 bits per heavy atom. The van der Waals surface area contributed by atoms with Crippen LogP contribution in [0.1, 0.15) is 32.7 Å². The number of piperazine rings is 1. The predicted octanol–water partition coefficient (Wildman–Crippen LogP) is 3.73. The minimum absolute atomic E-state index is 0.00154. The molecule has 2 saturated heterocycles. The van der Waals surface area contributed by atoms with E-state index in [1.807, 2.05) is 49.1 Å². The highest BCUT2D eigenvalue weighted by Crippen LogP contribution is 2.30. The Labute approximate surface area is 272 Å². The lowest BCUT2D eigenvalue weighted by molar-refractivity contribution is -0.136. The molecule has 2 aliphatic heterocycles. The van der Waals surface area contributed by atoms with Crippen LogP contribution in [-0.2, 0) is 9.59 Å². The molecule has 1 atom stereocenters. The summed E-state index contributed by atoms with van der Waals surface area (Å²) in [7, 11) is 1.77. The second-order valence-electron chi connectivity index (χ2n) is 12.6. The van der Waals surface area contributed by atoms with Crippen molar-refractivity contribution >= 4 is 28.7 Å². The molecule has 2 fully saturated rings. The summed E-state index contributed by atoms with van der Waals surface area (Å²) in [6, 6.07) is 20.1. The number of nitrogens with two attached hydrogens (primary N) is 1. The number of benzene rings is 2. The molecule has 242 valence electrons. The van der Waals surface area contributed by atoms with Crippen molar-refractivity contribution in [2.24, 2.45) is 0 Å². The van der Waals surface area contributed by atoms with Crippen molar-refractivity contribution in [1.29, 1.82) is 5.26 Å². The van der Waals surface area contributed by atoms with Gasteiger partial charge < -0.3 is 20.3 Å². The predicted molar refractivity (Wildman–Crippen MR) is 178 cm³/mol. The van der Waals surface area contributed by atoms with E-state index in [0.29, 0.717) is 60.7 Å². The fourth-order valence-corrected chi connectivity index (χ4v) is 6.43. The number of likely N-dealkylation sites (N-methyl/N-ethyl adjacent to an activating group) is 1. The van der Waals surface area contributed by atoms with E-state index in [4.69, 9.17) is 10.5 Å². The topological polar surface area (TPSA) is 143 Å². The maximum absolute atomic E-state index is 14.2.